The lowest BCUT2D eigenvalue weighted by atomic mass is 10.0. The normalized spacial score (nSPS) is 11.9. The Hall–Kier alpha value is -1.30. The highest BCUT2D eigenvalue weighted by Gasteiger charge is 2.11. The Bertz CT molecular complexity index is 383. The average molecular weight is 398 g/mol. The minimum absolute atomic E-state index is 0.0700. The zero-order valence-corrected chi connectivity index (χ0v) is 18.4. The van der Waals surface area contributed by atoms with E-state index < -0.39 is 6.04 Å². The largest absolute Gasteiger partial charge is 0.370 e. The summed E-state index contributed by atoms with van der Waals surface area (Å²) in [7, 11) is 0. The molecule has 6 heteroatoms. The van der Waals surface area contributed by atoms with Crippen LogP contribution in [0.5, 0.6) is 0 Å². The number of hydrogen-bond acceptors (Lipinski definition) is 3. The van der Waals surface area contributed by atoms with Crippen molar-refractivity contribution in [3.8, 4) is 0 Å². The molecule has 0 saturated carbocycles. The van der Waals surface area contributed by atoms with Crippen molar-refractivity contribution in [3.63, 3.8) is 0 Å². The zero-order valence-electron chi connectivity index (χ0n) is 18.4. The molecule has 0 bridgehead atoms. The molecule has 0 spiro atoms. The lowest BCUT2D eigenvalue weighted by molar-refractivity contribution is -0.122. The van der Waals surface area contributed by atoms with E-state index in [1.165, 1.54) is 83.5 Å². The van der Waals surface area contributed by atoms with E-state index in [-0.39, 0.29) is 11.9 Å². The monoisotopic (exact) mass is 397 g/mol. The van der Waals surface area contributed by atoms with Gasteiger partial charge in [0.05, 0.1) is 6.04 Å². The summed E-state index contributed by atoms with van der Waals surface area (Å²) in [6.07, 6.45) is 20.0. The second-order valence-electron chi connectivity index (χ2n) is 7.94. The van der Waals surface area contributed by atoms with Crippen molar-refractivity contribution in [1.29, 1.82) is 0 Å². The van der Waals surface area contributed by atoms with Crippen molar-refractivity contribution in [1.82, 2.24) is 5.32 Å². The number of carbonyl (C=O) groups is 1. The summed E-state index contributed by atoms with van der Waals surface area (Å²) < 4.78 is 0. The molecule has 0 radical (unpaired) electrons. The summed E-state index contributed by atoms with van der Waals surface area (Å²) in [4.78, 5) is 15.8. The van der Waals surface area contributed by atoms with E-state index in [9.17, 15) is 4.79 Å². The molecule has 166 valence electrons. The summed E-state index contributed by atoms with van der Waals surface area (Å²) in [5, 5.41) is 2.93. The molecule has 0 rings (SSSR count). The quantitative estimate of drug-likeness (QED) is 0.141. The highest BCUT2D eigenvalue weighted by Crippen LogP contribution is 2.12. The van der Waals surface area contributed by atoms with Gasteiger partial charge in [0, 0.05) is 13.1 Å². The SMILES string of the molecule is CCCCCCCCCCCCCCCCNC(=O)[C@@H](N)CCCN=C(N)N. The van der Waals surface area contributed by atoms with Gasteiger partial charge in [-0.05, 0) is 19.3 Å². The third-order valence-electron chi connectivity index (χ3n) is 5.13. The molecule has 0 aromatic heterocycles. The number of nitrogens with one attached hydrogen (secondary N) is 1. The topological polar surface area (TPSA) is 120 Å². The van der Waals surface area contributed by atoms with Crippen LogP contribution in [0.15, 0.2) is 4.99 Å². The fourth-order valence-electron chi connectivity index (χ4n) is 3.31. The molecular weight excluding hydrogens is 350 g/mol. The molecule has 0 aromatic carbocycles. The van der Waals surface area contributed by atoms with Gasteiger partial charge < -0.3 is 22.5 Å². The fourth-order valence-corrected chi connectivity index (χ4v) is 3.31. The third-order valence-corrected chi connectivity index (χ3v) is 5.13. The molecule has 0 unspecified atom stereocenters. The maximum absolute atomic E-state index is 11.9. The first-order valence-corrected chi connectivity index (χ1v) is 11.7. The maximum Gasteiger partial charge on any atom is 0.236 e. The number of unbranched alkanes of at least 4 members (excludes halogenated alkanes) is 13. The molecule has 1 atom stereocenters. The predicted molar refractivity (Wildman–Crippen MR) is 121 cm³/mol. The Labute approximate surface area is 173 Å². The highest BCUT2D eigenvalue weighted by atomic mass is 16.2. The van der Waals surface area contributed by atoms with E-state index in [4.69, 9.17) is 17.2 Å². The van der Waals surface area contributed by atoms with Gasteiger partial charge in [-0.2, -0.15) is 0 Å². The molecule has 7 N–H and O–H groups in total. The molecule has 0 aliphatic heterocycles. The lowest BCUT2D eigenvalue weighted by Gasteiger charge is -2.11. The van der Waals surface area contributed by atoms with Crippen LogP contribution < -0.4 is 22.5 Å². The van der Waals surface area contributed by atoms with Gasteiger partial charge in [0.15, 0.2) is 5.96 Å². The molecule has 0 fully saturated rings. The molecule has 28 heavy (non-hydrogen) atoms. The van der Waals surface area contributed by atoms with Gasteiger partial charge in [-0.3, -0.25) is 9.79 Å². The number of hydrogen-bond donors (Lipinski definition) is 4. The van der Waals surface area contributed by atoms with Gasteiger partial charge >= 0.3 is 0 Å². The number of nitrogens with zero attached hydrogens (tertiary/aromatic N) is 1. The van der Waals surface area contributed by atoms with Gasteiger partial charge in [0.25, 0.3) is 0 Å². The predicted octanol–water partition coefficient (Wildman–Crippen LogP) is 3.96. The Kier molecular flexibility index (Phi) is 19.5. The van der Waals surface area contributed by atoms with E-state index in [1.54, 1.807) is 0 Å². The van der Waals surface area contributed by atoms with E-state index >= 15 is 0 Å². The molecule has 0 aromatic rings. The van der Waals surface area contributed by atoms with Crippen molar-refractivity contribution < 1.29 is 4.79 Å². The molecule has 0 aliphatic carbocycles. The van der Waals surface area contributed by atoms with E-state index in [2.05, 4.69) is 17.2 Å². The van der Waals surface area contributed by atoms with Crippen molar-refractivity contribution in [2.45, 2.75) is 116 Å². The second kappa shape index (κ2) is 20.4. The number of guanidine groups is 1. The summed E-state index contributed by atoms with van der Waals surface area (Å²) >= 11 is 0. The molecule has 0 heterocycles. The van der Waals surface area contributed by atoms with E-state index in [0.717, 1.165) is 13.0 Å². The average Bonchev–Trinajstić information content (AvgIpc) is 2.67. The minimum Gasteiger partial charge on any atom is -0.370 e. The van der Waals surface area contributed by atoms with Gasteiger partial charge in [-0.25, -0.2) is 0 Å². The van der Waals surface area contributed by atoms with Crippen LogP contribution in [0.4, 0.5) is 0 Å². The third kappa shape index (κ3) is 19.5. The number of nitrogens with two attached hydrogens (primary N) is 3. The van der Waals surface area contributed by atoms with Gasteiger partial charge in [0.1, 0.15) is 0 Å². The van der Waals surface area contributed by atoms with Crippen LogP contribution >= 0.6 is 0 Å². The van der Waals surface area contributed by atoms with Crippen LogP contribution in [0.25, 0.3) is 0 Å². The first kappa shape index (κ1) is 26.7. The fraction of sp³-hybridized carbons (Fsp3) is 0.909. The molecule has 0 aliphatic rings. The van der Waals surface area contributed by atoms with Crippen molar-refractivity contribution >= 4 is 11.9 Å². The standard InChI is InChI=1S/C22H47N5O/c1-2-3-4-5-6-7-8-9-10-11-12-13-14-15-18-26-21(28)20(23)17-16-19-27-22(24)25/h20H,2-19,23H2,1H3,(H,26,28)(H4,24,25,27)/t20-/m0/s1. The summed E-state index contributed by atoms with van der Waals surface area (Å²) in [6, 6.07) is -0.471. The van der Waals surface area contributed by atoms with Crippen LogP contribution in [0.2, 0.25) is 0 Å². The molecule has 6 nitrogen and oxygen atoms in total. The number of amides is 1. The van der Waals surface area contributed by atoms with Crippen LogP contribution in [0.3, 0.4) is 0 Å². The summed E-state index contributed by atoms with van der Waals surface area (Å²) in [6.45, 7) is 3.51. The molecular formula is C22H47N5O. The second-order valence-corrected chi connectivity index (χ2v) is 7.94. The van der Waals surface area contributed by atoms with Crippen molar-refractivity contribution in [2.75, 3.05) is 13.1 Å². The number of carbonyl (C=O) groups excluding carboxylic acids is 1. The maximum atomic E-state index is 11.9. The van der Waals surface area contributed by atoms with Crippen LogP contribution in [0.1, 0.15) is 110 Å². The zero-order chi connectivity index (χ0) is 20.9. The van der Waals surface area contributed by atoms with Crippen molar-refractivity contribution in [2.24, 2.45) is 22.2 Å². The molecule has 1 amide bonds. The van der Waals surface area contributed by atoms with Crippen LogP contribution in [-0.4, -0.2) is 31.0 Å². The van der Waals surface area contributed by atoms with Crippen LogP contribution in [-0.2, 0) is 4.79 Å². The van der Waals surface area contributed by atoms with Crippen LogP contribution in [0, 0.1) is 0 Å². The Balaban J connectivity index is 3.29. The summed E-state index contributed by atoms with van der Waals surface area (Å²) in [5.41, 5.74) is 16.4. The van der Waals surface area contributed by atoms with Crippen molar-refractivity contribution in [3.05, 3.63) is 0 Å². The Morgan fingerprint density at radius 1 is 0.786 bits per heavy atom. The number of aliphatic imine (C=N–C) groups is 1. The first-order valence-electron chi connectivity index (χ1n) is 11.7. The number of rotatable bonds is 20. The lowest BCUT2D eigenvalue weighted by Crippen LogP contribution is -2.41. The highest BCUT2D eigenvalue weighted by molar-refractivity contribution is 5.81. The van der Waals surface area contributed by atoms with Gasteiger partial charge in [-0.15, -0.1) is 0 Å². The Morgan fingerprint density at radius 3 is 1.71 bits per heavy atom. The van der Waals surface area contributed by atoms with Gasteiger partial charge in [0.2, 0.25) is 5.91 Å². The van der Waals surface area contributed by atoms with E-state index in [1.807, 2.05) is 0 Å². The van der Waals surface area contributed by atoms with Gasteiger partial charge in [-0.1, -0.05) is 90.4 Å². The van der Waals surface area contributed by atoms with E-state index in [0.29, 0.717) is 19.4 Å². The first-order chi connectivity index (χ1) is 13.6. The summed E-state index contributed by atoms with van der Waals surface area (Å²) in [5.74, 6) is 0.00946. The smallest absolute Gasteiger partial charge is 0.236 e. The Morgan fingerprint density at radius 2 is 1.25 bits per heavy atom. The molecule has 0 saturated heterocycles. The minimum atomic E-state index is -0.471.